The Labute approximate surface area is 115 Å². The summed E-state index contributed by atoms with van der Waals surface area (Å²) in [4.78, 5) is 0. The standard InChI is InChI=1S/C16H21NO2/c1-11(2)14-6-13(12(3)5-15(14)18-4)7-16(8-17)9-19-10-16/h5-6,11H,7,9-10H2,1-4H3. The number of ether oxygens (including phenoxy) is 2. The highest BCUT2D eigenvalue weighted by molar-refractivity contribution is 5.44. The minimum atomic E-state index is -0.326. The molecule has 0 radical (unpaired) electrons. The summed E-state index contributed by atoms with van der Waals surface area (Å²) in [6, 6.07) is 6.68. The molecule has 0 amide bonds. The SMILES string of the molecule is COc1cc(C)c(CC2(C#N)COC2)cc1C(C)C. The first-order chi connectivity index (χ1) is 9.01. The van der Waals surface area contributed by atoms with E-state index < -0.39 is 0 Å². The van der Waals surface area contributed by atoms with E-state index in [-0.39, 0.29) is 5.41 Å². The summed E-state index contributed by atoms with van der Waals surface area (Å²) in [5.41, 5.74) is 3.29. The van der Waals surface area contributed by atoms with Gasteiger partial charge in [-0.15, -0.1) is 0 Å². The lowest BCUT2D eigenvalue weighted by Gasteiger charge is -2.35. The molecule has 0 bridgehead atoms. The van der Waals surface area contributed by atoms with Gasteiger partial charge in [0.1, 0.15) is 11.2 Å². The molecule has 0 aromatic heterocycles. The molecule has 1 aromatic carbocycles. The van der Waals surface area contributed by atoms with Gasteiger partial charge in [0.15, 0.2) is 0 Å². The molecule has 0 atom stereocenters. The van der Waals surface area contributed by atoms with Crippen molar-refractivity contribution in [1.29, 1.82) is 5.26 Å². The summed E-state index contributed by atoms with van der Waals surface area (Å²) >= 11 is 0. The van der Waals surface area contributed by atoms with Crippen LogP contribution in [0.3, 0.4) is 0 Å². The average molecular weight is 259 g/mol. The molecule has 1 aromatic rings. The van der Waals surface area contributed by atoms with E-state index in [1.807, 2.05) is 0 Å². The monoisotopic (exact) mass is 259 g/mol. The first-order valence-corrected chi connectivity index (χ1v) is 6.68. The molecule has 1 aliphatic rings. The van der Waals surface area contributed by atoms with Crippen LogP contribution in [0.5, 0.6) is 5.75 Å². The van der Waals surface area contributed by atoms with Crippen LogP contribution in [0.4, 0.5) is 0 Å². The number of hydrogen-bond donors (Lipinski definition) is 0. The van der Waals surface area contributed by atoms with Gasteiger partial charge in [-0.2, -0.15) is 5.26 Å². The number of nitriles is 1. The average Bonchev–Trinajstić information content (AvgIpc) is 2.34. The number of benzene rings is 1. The molecule has 1 aliphatic heterocycles. The van der Waals surface area contributed by atoms with Crippen molar-refractivity contribution in [2.24, 2.45) is 5.41 Å². The number of nitrogens with zero attached hydrogens (tertiary/aromatic N) is 1. The Morgan fingerprint density at radius 1 is 1.42 bits per heavy atom. The maximum Gasteiger partial charge on any atom is 0.122 e. The molecule has 2 rings (SSSR count). The second-order valence-electron chi connectivity index (χ2n) is 5.74. The molecule has 1 fully saturated rings. The molecule has 19 heavy (non-hydrogen) atoms. The summed E-state index contributed by atoms with van der Waals surface area (Å²) in [6.45, 7) is 7.48. The minimum Gasteiger partial charge on any atom is -0.496 e. The molecule has 0 spiro atoms. The highest BCUT2D eigenvalue weighted by Gasteiger charge is 2.39. The van der Waals surface area contributed by atoms with Gasteiger partial charge in [-0.25, -0.2) is 0 Å². The summed E-state index contributed by atoms with van der Waals surface area (Å²) < 4.78 is 10.7. The second kappa shape index (κ2) is 5.22. The van der Waals surface area contributed by atoms with Gasteiger partial charge in [-0.1, -0.05) is 19.9 Å². The molecule has 1 saturated heterocycles. The van der Waals surface area contributed by atoms with Crippen molar-refractivity contribution in [2.45, 2.75) is 33.1 Å². The van der Waals surface area contributed by atoms with E-state index >= 15 is 0 Å². The molecule has 3 nitrogen and oxygen atoms in total. The zero-order chi connectivity index (χ0) is 14.0. The first kappa shape index (κ1) is 13.9. The van der Waals surface area contributed by atoms with Crippen molar-refractivity contribution in [1.82, 2.24) is 0 Å². The van der Waals surface area contributed by atoms with E-state index in [1.54, 1.807) is 7.11 Å². The largest absolute Gasteiger partial charge is 0.496 e. The van der Waals surface area contributed by atoms with Crippen LogP contribution in [0.2, 0.25) is 0 Å². The molecule has 0 saturated carbocycles. The summed E-state index contributed by atoms with van der Waals surface area (Å²) in [6.07, 6.45) is 0.763. The highest BCUT2D eigenvalue weighted by atomic mass is 16.5. The smallest absolute Gasteiger partial charge is 0.122 e. The van der Waals surface area contributed by atoms with Crippen molar-refractivity contribution in [3.05, 3.63) is 28.8 Å². The molecule has 1 heterocycles. The Morgan fingerprint density at radius 2 is 2.11 bits per heavy atom. The molecule has 0 N–H and O–H groups in total. The van der Waals surface area contributed by atoms with Gasteiger partial charge in [0.05, 0.1) is 26.4 Å². The van der Waals surface area contributed by atoms with Crippen molar-refractivity contribution < 1.29 is 9.47 Å². The summed E-state index contributed by atoms with van der Waals surface area (Å²) in [5, 5.41) is 9.31. The Morgan fingerprint density at radius 3 is 2.53 bits per heavy atom. The van der Waals surface area contributed by atoms with Gasteiger partial charge < -0.3 is 9.47 Å². The highest BCUT2D eigenvalue weighted by Crippen LogP contribution is 2.35. The van der Waals surface area contributed by atoms with E-state index in [4.69, 9.17) is 9.47 Å². The molecule has 0 aliphatic carbocycles. The van der Waals surface area contributed by atoms with Gasteiger partial charge in [0.25, 0.3) is 0 Å². The van der Waals surface area contributed by atoms with Gasteiger partial charge >= 0.3 is 0 Å². The molecule has 3 heteroatoms. The zero-order valence-electron chi connectivity index (χ0n) is 12.1. The fourth-order valence-electron chi connectivity index (χ4n) is 2.48. The fourth-order valence-corrected chi connectivity index (χ4v) is 2.48. The van der Waals surface area contributed by atoms with Crippen LogP contribution in [0.1, 0.15) is 36.5 Å². The van der Waals surface area contributed by atoms with Crippen LogP contribution in [0, 0.1) is 23.7 Å². The lowest BCUT2D eigenvalue weighted by molar-refractivity contribution is -0.0766. The molecule has 0 unspecified atom stereocenters. The van der Waals surface area contributed by atoms with Crippen LogP contribution >= 0.6 is 0 Å². The minimum absolute atomic E-state index is 0.326. The Hall–Kier alpha value is -1.53. The predicted molar refractivity (Wildman–Crippen MR) is 74.4 cm³/mol. The van der Waals surface area contributed by atoms with Crippen LogP contribution < -0.4 is 4.74 Å². The lowest BCUT2D eigenvalue weighted by Crippen LogP contribution is -2.43. The summed E-state index contributed by atoms with van der Waals surface area (Å²) in [5.74, 6) is 1.34. The van der Waals surface area contributed by atoms with Crippen LogP contribution in [-0.2, 0) is 11.2 Å². The first-order valence-electron chi connectivity index (χ1n) is 6.68. The van der Waals surface area contributed by atoms with E-state index in [2.05, 4.69) is 39.0 Å². The van der Waals surface area contributed by atoms with E-state index in [0.29, 0.717) is 19.1 Å². The van der Waals surface area contributed by atoms with Gasteiger partial charge in [-0.05, 0) is 42.0 Å². The number of rotatable bonds is 4. The normalized spacial score (nSPS) is 16.8. The number of methoxy groups -OCH3 is 1. The summed E-state index contributed by atoms with van der Waals surface area (Å²) in [7, 11) is 1.71. The topological polar surface area (TPSA) is 42.2 Å². The van der Waals surface area contributed by atoms with Gasteiger partial charge in [-0.3, -0.25) is 0 Å². The predicted octanol–water partition coefficient (Wildman–Crippen LogP) is 3.21. The second-order valence-corrected chi connectivity index (χ2v) is 5.74. The third kappa shape index (κ3) is 2.59. The van der Waals surface area contributed by atoms with Crippen LogP contribution in [-0.4, -0.2) is 20.3 Å². The number of aryl methyl sites for hydroxylation is 1. The van der Waals surface area contributed by atoms with E-state index in [9.17, 15) is 5.26 Å². The van der Waals surface area contributed by atoms with Gasteiger partial charge in [0.2, 0.25) is 0 Å². The van der Waals surface area contributed by atoms with Crippen molar-refractivity contribution in [3.8, 4) is 11.8 Å². The Bertz CT molecular complexity index is 510. The van der Waals surface area contributed by atoms with Crippen LogP contribution in [0.25, 0.3) is 0 Å². The zero-order valence-corrected chi connectivity index (χ0v) is 12.1. The third-order valence-corrected chi connectivity index (χ3v) is 3.83. The fraction of sp³-hybridized carbons (Fsp3) is 0.562. The molecule has 102 valence electrons. The van der Waals surface area contributed by atoms with Crippen LogP contribution in [0.15, 0.2) is 12.1 Å². The van der Waals surface area contributed by atoms with Crippen molar-refractivity contribution in [2.75, 3.05) is 20.3 Å². The third-order valence-electron chi connectivity index (χ3n) is 3.83. The Kier molecular flexibility index (Phi) is 3.82. The van der Waals surface area contributed by atoms with Gasteiger partial charge in [0, 0.05) is 0 Å². The molecular weight excluding hydrogens is 238 g/mol. The number of hydrogen-bond acceptors (Lipinski definition) is 3. The Balaban J connectivity index is 2.36. The lowest BCUT2D eigenvalue weighted by atomic mass is 9.79. The molecular formula is C16H21NO2. The maximum absolute atomic E-state index is 9.31. The quantitative estimate of drug-likeness (QED) is 0.833. The van der Waals surface area contributed by atoms with E-state index in [1.165, 1.54) is 16.7 Å². The van der Waals surface area contributed by atoms with E-state index in [0.717, 1.165) is 12.2 Å². The van der Waals surface area contributed by atoms with Crippen molar-refractivity contribution >= 4 is 0 Å². The van der Waals surface area contributed by atoms with Crippen molar-refractivity contribution in [3.63, 3.8) is 0 Å². The maximum atomic E-state index is 9.31.